The molecule has 0 bridgehead atoms. The van der Waals surface area contributed by atoms with Gasteiger partial charge in [0.05, 0.1) is 17.8 Å². The second-order valence-corrected chi connectivity index (χ2v) is 4.22. The number of carbonyl (C=O) groups is 2. The normalized spacial score (nSPS) is 11.8. The summed E-state index contributed by atoms with van der Waals surface area (Å²) in [5.41, 5.74) is 0.635. The summed E-state index contributed by atoms with van der Waals surface area (Å²) in [5.74, 6) is -1.24. The molecule has 7 nitrogen and oxygen atoms in total. The Bertz CT molecular complexity index is 610. The summed E-state index contributed by atoms with van der Waals surface area (Å²) in [6, 6.07) is 4.13. The average Bonchev–Trinajstić information content (AvgIpc) is 2.98. The number of aromatic nitrogens is 3. The average molecular weight is 274 g/mol. The maximum Gasteiger partial charge on any atom is 0.335 e. The molecule has 0 spiro atoms. The van der Waals surface area contributed by atoms with E-state index in [2.05, 4.69) is 15.4 Å². The SMILES string of the molecule is CC(C(=O)NCc1cc(C(=O)O)ccn1)n1cccn1. The molecule has 0 aromatic carbocycles. The zero-order valence-corrected chi connectivity index (χ0v) is 10.9. The molecule has 0 aliphatic rings. The number of amides is 1. The third kappa shape index (κ3) is 3.19. The summed E-state index contributed by atoms with van der Waals surface area (Å²) in [5, 5.41) is 15.6. The summed E-state index contributed by atoms with van der Waals surface area (Å²) < 4.78 is 1.54. The van der Waals surface area contributed by atoms with Gasteiger partial charge in [-0.3, -0.25) is 14.5 Å². The molecule has 1 unspecified atom stereocenters. The van der Waals surface area contributed by atoms with Gasteiger partial charge in [-0.15, -0.1) is 0 Å². The van der Waals surface area contributed by atoms with Gasteiger partial charge in [0.15, 0.2) is 0 Å². The van der Waals surface area contributed by atoms with E-state index in [1.807, 2.05) is 0 Å². The minimum atomic E-state index is -1.02. The van der Waals surface area contributed by atoms with Crippen molar-refractivity contribution in [3.05, 3.63) is 48.0 Å². The lowest BCUT2D eigenvalue weighted by Crippen LogP contribution is -2.31. The number of nitrogens with zero attached hydrogens (tertiary/aromatic N) is 3. The number of carboxylic acid groups (broad SMARTS) is 1. The lowest BCUT2D eigenvalue weighted by atomic mass is 10.2. The van der Waals surface area contributed by atoms with Crippen molar-refractivity contribution in [3.63, 3.8) is 0 Å². The Morgan fingerprint density at radius 1 is 1.45 bits per heavy atom. The van der Waals surface area contributed by atoms with Gasteiger partial charge in [0, 0.05) is 18.6 Å². The quantitative estimate of drug-likeness (QED) is 0.842. The van der Waals surface area contributed by atoms with E-state index in [-0.39, 0.29) is 18.0 Å². The summed E-state index contributed by atoms with van der Waals surface area (Å²) in [6.45, 7) is 1.90. The highest BCUT2D eigenvalue weighted by Crippen LogP contribution is 2.05. The van der Waals surface area contributed by atoms with Crippen molar-refractivity contribution in [1.29, 1.82) is 0 Å². The van der Waals surface area contributed by atoms with E-state index >= 15 is 0 Å². The van der Waals surface area contributed by atoms with Crippen LogP contribution in [0.5, 0.6) is 0 Å². The Kier molecular flexibility index (Phi) is 4.09. The molecular formula is C13H14N4O3. The summed E-state index contributed by atoms with van der Waals surface area (Å²) in [6.07, 6.45) is 4.71. The number of aromatic carboxylic acids is 1. The minimum absolute atomic E-state index is 0.143. The van der Waals surface area contributed by atoms with Gasteiger partial charge in [0.2, 0.25) is 5.91 Å². The van der Waals surface area contributed by atoms with E-state index in [1.165, 1.54) is 23.0 Å². The van der Waals surface area contributed by atoms with Crippen LogP contribution in [0.1, 0.15) is 29.0 Å². The summed E-state index contributed by atoms with van der Waals surface area (Å²) >= 11 is 0. The van der Waals surface area contributed by atoms with Crippen molar-refractivity contribution < 1.29 is 14.7 Å². The first kappa shape index (κ1) is 13.7. The van der Waals surface area contributed by atoms with Crippen molar-refractivity contribution >= 4 is 11.9 Å². The number of carboxylic acids is 1. The third-order valence-corrected chi connectivity index (χ3v) is 2.81. The lowest BCUT2D eigenvalue weighted by molar-refractivity contribution is -0.124. The largest absolute Gasteiger partial charge is 0.478 e. The third-order valence-electron chi connectivity index (χ3n) is 2.81. The van der Waals surface area contributed by atoms with Crippen LogP contribution in [0.2, 0.25) is 0 Å². The minimum Gasteiger partial charge on any atom is -0.478 e. The molecule has 2 rings (SSSR count). The molecule has 0 fully saturated rings. The van der Waals surface area contributed by atoms with Gasteiger partial charge in [-0.05, 0) is 25.1 Å². The van der Waals surface area contributed by atoms with E-state index in [0.717, 1.165) is 0 Å². The number of pyridine rings is 1. The molecule has 0 saturated heterocycles. The lowest BCUT2D eigenvalue weighted by Gasteiger charge is -2.12. The molecule has 1 amide bonds. The van der Waals surface area contributed by atoms with Crippen molar-refractivity contribution in [2.24, 2.45) is 0 Å². The van der Waals surface area contributed by atoms with Gasteiger partial charge in [-0.2, -0.15) is 5.10 Å². The van der Waals surface area contributed by atoms with Crippen molar-refractivity contribution in [2.75, 3.05) is 0 Å². The Hall–Kier alpha value is -2.70. The maximum atomic E-state index is 11.9. The first-order valence-corrected chi connectivity index (χ1v) is 6.03. The van der Waals surface area contributed by atoms with Gasteiger partial charge < -0.3 is 10.4 Å². The molecule has 2 heterocycles. The van der Waals surface area contributed by atoms with Crippen LogP contribution in [0, 0.1) is 0 Å². The van der Waals surface area contributed by atoms with Crippen LogP contribution >= 0.6 is 0 Å². The zero-order chi connectivity index (χ0) is 14.5. The van der Waals surface area contributed by atoms with Crippen LogP contribution in [0.4, 0.5) is 0 Å². The molecule has 20 heavy (non-hydrogen) atoms. The van der Waals surface area contributed by atoms with Crippen molar-refractivity contribution in [3.8, 4) is 0 Å². The fourth-order valence-corrected chi connectivity index (χ4v) is 1.66. The van der Waals surface area contributed by atoms with Crippen LogP contribution in [-0.2, 0) is 11.3 Å². The molecule has 2 N–H and O–H groups in total. The van der Waals surface area contributed by atoms with Gasteiger partial charge in [0.25, 0.3) is 0 Å². The number of rotatable bonds is 5. The van der Waals surface area contributed by atoms with E-state index in [0.29, 0.717) is 5.69 Å². The monoisotopic (exact) mass is 274 g/mol. The predicted octanol–water partition coefficient (Wildman–Crippen LogP) is 0.854. The number of hydrogen-bond donors (Lipinski definition) is 2. The first-order chi connectivity index (χ1) is 9.58. The molecule has 2 aromatic heterocycles. The standard InChI is InChI=1S/C13H14N4O3/c1-9(17-6-2-4-16-17)12(18)15-8-11-7-10(13(19)20)3-5-14-11/h2-7,9H,8H2,1H3,(H,15,18)(H,19,20). The Balaban J connectivity index is 1.96. The fraction of sp³-hybridized carbons (Fsp3) is 0.231. The van der Waals surface area contributed by atoms with Crippen LogP contribution < -0.4 is 5.32 Å². The van der Waals surface area contributed by atoms with E-state index in [1.54, 1.807) is 25.4 Å². The Morgan fingerprint density at radius 3 is 2.90 bits per heavy atom. The molecule has 0 radical (unpaired) electrons. The Morgan fingerprint density at radius 2 is 2.25 bits per heavy atom. The van der Waals surface area contributed by atoms with E-state index in [9.17, 15) is 9.59 Å². The fourth-order valence-electron chi connectivity index (χ4n) is 1.66. The second-order valence-electron chi connectivity index (χ2n) is 4.22. The second kappa shape index (κ2) is 5.96. The number of hydrogen-bond acceptors (Lipinski definition) is 4. The molecule has 0 saturated carbocycles. The molecule has 0 aliphatic heterocycles. The highest BCUT2D eigenvalue weighted by molar-refractivity contribution is 5.87. The molecule has 0 aliphatic carbocycles. The highest BCUT2D eigenvalue weighted by Gasteiger charge is 2.14. The number of carbonyl (C=O) groups excluding carboxylic acids is 1. The van der Waals surface area contributed by atoms with Crippen LogP contribution in [0.25, 0.3) is 0 Å². The summed E-state index contributed by atoms with van der Waals surface area (Å²) in [4.78, 5) is 26.8. The van der Waals surface area contributed by atoms with Gasteiger partial charge in [-0.25, -0.2) is 4.79 Å². The summed E-state index contributed by atoms with van der Waals surface area (Å²) in [7, 11) is 0. The van der Waals surface area contributed by atoms with Crippen LogP contribution in [0.3, 0.4) is 0 Å². The smallest absolute Gasteiger partial charge is 0.335 e. The predicted molar refractivity (Wildman–Crippen MR) is 70.0 cm³/mol. The van der Waals surface area contributed by atoms with Crippen molar-refractivity contribution in [2.45, 2.75) is 19.5 Å². The van der Waals surface area contributed by atoms with Gasteiger partial charge >= 0.3 is 5.97 Å². The molecule has 7 heteroatoms. The topological polar surface area (TPSA) is 97.1 Å². The maximum absolute atomic E-state index is 11.9. The number of nitrogens with one attached hydrogen (secondary N) is 1. The van der Waals surface area contributed by atoms with Gasteiger partial charge in [0.1, 0.15) is 6.04 Å². The van der Waals surface area contributed by atoms with E-state index in [4.69, 9.17) is 5.11 Å². The zero-order valence-electron chi connectivity index (χ0n) is 10.9. The molecule has 1 atom stereocenters. The molecular weight excluding hydrogens is 260 g/mol. The highest BCUT2D eigenvalue weighted by atomic mass is 16.4. The van der Waals surface area contributed by atoms with Crippen LogP contribution in [0.15, 0.2) is 36.8 Å². The molecule has 104 valence electrons. The molecule has 2 aromatic rings. The first-order valence-electron chi connectivity index (χ1n) is 6.03. The van der Waals surface area contributed by atoms with Crippen LogP contribution in [-0.4, -0.2) is 31.7 Å². The van der Waals surface area contributed by atoms with E-state index < -0.39 is 12.0 Å². The van der Waals surface area contributed by atoms with Crippen molar-refractivity contribution in [1.82, 2.24) is 20.1 Å². The van der Waals surface area contributed by atoms with Gasteiger partial charge in [-0.1, -0.05) is 0 Å². The Labute approximate surface area is 115 Å².